The summed E-state index contributed by atoms with van der Waals surface area (Å²) in [7, 11) is 0. The van der Waals surface area contributed by atoms with Crippen molar-refractivity contribution in [3.05, 3.63) is 120 Å². The maximum absolute atomic E-state index is 13.9. The van der Waals surface area contributed by atoms with E-state index in [1.54, 1.807) is 24.3 Å². The molecule has 11 atom stereocenters. The van der Waals surface area contributed by atoms with E-state index in [2.05, 4.69) is 25.3 Å². The Morgan fingerprint density at radius 2 is 1.34 bits per heavy atom. The van der Waals surface area contributed by atoms with Gasteiger partial charge in [0.2, 0.25) is 0 Å². The highest BCUT2D eigenvalue weighted by atomic mass is 16.6. The van der Waals surface area contributed by atoms with E-state index in [1.807, 2.05) is 66.7 Å². The van der Waals surface area contributed by atoms with Gasteiger partial charge in [0.1, 0.15) is 18.3 Å². The third kappa shape index (κ3) is 4.22. The maximum atomic E-state index is 13.9. The number of carbonyl (C=O) groups is 3. The van der Waals surface area contributed by atoms with E-state index in [9.17, 15) is 14.4 Å². The van der Waals surface area contributed by atoms with Crippen molar-refractivity contribution < 1.29 is 28.6 Å². The summed E-state index contributed by atoms with van der Waals surface area (Å²) in [5.74, 6) is -0.600. The number of benzene rings is 3. The van der Waals surface area contributed by atoms with E-state index in [1.165, 1.54) is 0 Å². The van der Waals surface area contributed by atoms with Crippen LogP contribution in [0.25, 0.3) is 0 Å². The summed E-state index contributed by atoms with van der Waals surface area (Å²) in [6.45, 7) is 11.2. The molecule has 7 bridgehead atoms. The molecule has 3 aromatic rings. The normalized spacial score (nSPS) is 39.0. The first-order chi connectivity index (χ1) is 24.2. The van der Waals surface area contributed by atoms with Gasteiger partial charge in [-0.3, -0.25) is 4.90 Å². The average Bonchev–Trinajstić information content (AvgIpc) is 3.67. The fourth-order valence-electron chi connectivity index (χ4n) is 12.7. The number of piperidine rings is 1. The Kier molecular flexibility index (Phi) is 7.23. The summed E-state index contributed by atoms with van der Waals surface area (Å²) in [5, 5.41) is 0. The van der Waals surface area contributed by atoms with E-state index >= 15 is 0 Å². The molecular formula is C43H45NO6. The van der Waals surface area contributed by atoms with Gasteiger partial charge in [0.05, 0.1) is 16.7 Å². The molecule has 1 saturated heterocycles. The quantitative estimate of drug-likeness (QED) is 0.147. The monoisotopic (exact) mass is 671 g/mol. The van der Waals surface area contributed by atoms with Crippen molar-refractivity contribution in [2.45, 2.75) is 70.3 Å². The number of esters is 3. The van der Waals surface area contributed by atoms with Crippen molar-refractivity contribution in [1.29, 1.82) is 0 Å². The first-order valence-corrected chi connectivity index (χ1v) is 18.4. The number of nitrogens with zero attached hydrogens (tertiary/aromatic N) is 1. The zero-order chi connectivity index (χ0) is 34.4. The SMILES string of the molecule is C=C1[C@@H](OC(=O)c2ccccc2)[C@]23C[C@@H]1[C@@H](OC(=O)c1ccccc1)CC2[C@]12[C@@H](OC(=O)c4ccccc4)CC[C@@]4(C)CN(CC)[C@@H]1[C@@H]3C[C@H]42. The molecule has 50 heavy (non-hydrogen) atoms. The van der Waals surface area contributed by atoms with Gasteiger partial charge in [0.25, 0.3) is 0 Å². The number of likely N-dealkylation sites (tertiary alicyclic amines) is 1. The lowest BCUT2D eigenvalue weighted by molar-refractivity contribution is -0.218. The van der Waals surface area contributed by atoms with Gasteiger partial charge in [-0.15, -0.1) is 0 Å². The third-order valence-electron chi connectivity index (χ3n) is 14.2. The first-order valence-electron chi connectivity index (χ1n) is 18.4. The zero-order valence-corrected chi connectivity index (χ0v) is 28.8. The fraction of sp³-hybridized carbons (Fsp3) is 0.465. The van der Waals surface area contributed by atoms with Crippen molar-refractivity contribution in [3.8, 4) is 0 Å². The van der Waals surface area contributed by atoms with Crippen LogP contribution in [0.1, 0.15) is 77.0 Å². The average molecular weight is 672 g/mol. The van der Waals surface area contributed by atoms with Crippen LogP contribution in [-0.4, -0.2) is 60.3 Å². The van der Waals surface area contributed by atoms with Gasteiger partial charge >= 0.3 is 17.9 Å². The molecule has 0 amide bonds. The molecule has 6 aliphatic rings. The number of carbonyl (C=O) groups excluding carboxylic acids is 3. The molecule has 6 fully saturated rings. The van der Waals surface area contributed by atoms with Crippen molar-refractivity contribution >= 4 is 17.9 Å². The first kappa shape index (κ1) is 31.7. The standard InChI is InChI=1S/C43H45NO6/c1-4-44-25-41(3)21-20-35(49-39(46)28-16-10-6-11-17-28)43-33(41)22-31(36(43)44)42-24-30(26(2)37(42)50-40(47)29-18-12-7-13-19-29)32(23-34(42)43)48-38(45)27-14-8-5-9-15-27/h5-19,30-37H,2,4,20-25H2,1,3H3/t30-,31-,32-,33+,34?,35-,36+,37+,41-,42-,43+/m0/s1. The van der Waals surface area contributed by atoms with Crippen LogP contribution in [0.2, 0.25) is 0 Å². The number of hydrogen-bond donors (Lipinski definition) is 0. The Hall–Kier alpha value is -4.23. The number of fused-ring (bicyclic) bond motifs is 1. The number of ether oxygens (including phenoxy) is 3. The van der Waals surface area contributed by atoms with Crippen LogP contribution in [0.4, 0.5) is 0 Å². The molecule has 7 nitrogen and oxygen atoms in total. The molecule has 258 valence electrons. The van der Waals surface area contributed by atoms with Crippen molar-refractivity contribution in [1.82, 2.24) is 4.90 Å². The van der Waals surface area contributed by atoms with Gasteiger partial charge < -0.3 is 14.2 Å². The molecule has 2 spiro atoms. The van der Waals surface area contributed by atoms with Crippen LogP contribution >= 0.6 is 0 Å². The molecule has 9 rings (SSSR count). The van der Waals surface area contributed by atoms with E-state index in [4.69, 9.17) is 14.2 Å². The summed E-state index contributed by atoms with van der Waals surface area (Å²) in [6.07, 6.45) is 2.84. The van der Waals surface area contributed by atoms with Gasteiger partial charge in [-0.2, -0.15) is 0 Å². The van der Waals surface area contributed by atoms with Gasteiger partial charge in [0.15, 0.2) is 0 Å². The molecule has 0 N–H and O–H groups in total. The predicted molar refractivity (Wildman–Crippen MR) is 187 cm³/mol. The van der Waals surface area contributed by atoms with Crippen LogP contribution in [-0.2, 0) is 14.2 Å². The second kappa shape index (κ2) is 11.4. The highest BCUT2D eigenvalue weighted by Crippen LogP contribution is 2.84. The molecular weight excluding hydrogens is 626 g/mol. The second-order valence-corrected chi connectivity index (χ2v) is 16.1. The van der Waals surface area contributed by atoms with Crippen molar-refractivity contribution in [3.63, 3.8) is 0 Å². The number of hydrogen-bond acceptors (Lipinski definition) is 7. The second-order valence-electron chi connectivity index (χ2n) is 16.1. The van der Waals surface area contributed by atoms with Gasteiger partial charge in [-0.25, -0.2) is 14.4 Å². The highest BCUT2D eigenvalue weighted by Gasteiger charge is 2.86. The van der Waals surface area contributed by atoms with Crippen molar-refractivity contribution in [2.75, 3.05) is 13.1 Å². The molecule has 1 unspecified atom stereocenters. The zero-order valence-electron chi connectivity index (χ0n) is 28.8. The molecule has 0 radical (unpaired) electrons. The van der Waals surface area contributed by atoms with Crippen LogP contribution in [0.5, 0.6) is 0 Å². The lowest BCUT2D eigenvalue weighted by Gasteiger charge is -2.65. The van der Waals surface area contributed by atoms with Crippen LogP contribution in [0.3, 0.4) is 0 Å². The fourth-order valence-corrected chi connectivity index (χ4v) is 12.7. The molecule has 1 aliphatic heterocycles. The largest absolute Gasteiger partial charge is 0.458 e. The van der Waals surface area contributed by atoms with E-state index < -0.39 is 17.6 Å². The topological polar surface area (TPSA) is 82.1 Å². The lowest BCUT2D eigenvalue weighted by Crippen LogP contribution is -2.69. The lowest BCUT2D eigenvalue weighted by atomic mass is 9.43. The Morgan fingerprint density at radius 1 is 0.780 bits per heavy atom. The van der Waals surface area contributed by atoms with Gasteiger partial charge in [-0.1, -0.05) is 75.0 Å². The Labute approximate surface area is 294 Å². The predicted octanol–water partition coefficient (Wildman–Crippen LogP) is 7.39. The summed E-state index contributed by atoms with van der Waals surface area (Å²) in [4.78, 5) is 44.2. The van der Waals surface area contributed by atoms with E-state index in [0.29, 0.717) is 29.0 Å². The third-order valence-corrected chi connectivity index (χ3v) is 14.2. The maximum Gasteiger partial charge on any atom is 0.338 e. The molecule has 5 saturated carbocycles. The minimum atomic E-state index is -0.533. The van der Waals surface area contributed by atoms with Crippen LogP contribution in [0.15, 0.2) is 103 Å². The number of rotatable bonds is 7. The molecule has 3 aromatic carbocycles. The van der Waals surface area contributed by atoms with Gasteiger partial charge in [-0.05, 0) is 104 Å². The summed E-state index contributed by atoms with van der Waals surface area (Å²) >= 11 is 0. The summed E-state index contributed by atoms with van der Waals surface area (Å²) < 4.78 is 19.9. The Bertz CT molecular complexity index is 1850. The summed E-state index contributed by atoms with van der Waals surface area (Å²) in [5.41, 5.74) is 1.69. The summed E-state index contributed by atoms with van der Waals surface area (Å²) in [6, 6.07) is 27.8. The van der Waals surface area contributed by atoms with Crippen LogP contribution < -0.4 is 0 Å². The van der Waals surface area contributed by atoms with E-state index in [-0.39, 0.29) is 58.6 Å². The Balaban J connectivity index is 1.18. The smallest absolute Gasteiger partial charge is 0.338 e. The van der Waals surface area contributed by atoms with Gasteiger partial charge in [0, 0.05) is 29.3 Å². The molecule has 0 aromatic heterocycles. The van der Waals surface area contributed by atoms with Crippen LogP contribution in [0, 0.1) is 39.9 Å². The highest BCUT2D eigenvalue weighted by molar-refractivity contribution is 5.90. The minimum Gasteiger partial charge on any atom is -0.458 e. The minimum absolute atomic E-state index is 0.0102. The van der Waals surface area contributed by atoms with E-state index in [0.717, 1.165) is 44.3 Å². The molecule has 7 heteroatoms. The van der Waals surface area contributed by atoms with Crippen molar-refractivity contribution in [2.24, 2.45) is 39.9 Å². The Morgan fingerprint density at radius 3 is 1.92 bits per heavy atom. The molecule has 5 aliphatic carbocycles. The molecule has 1 heterocycles.